The van der Waals surface area contributed by atoms with Gasteiger partial charge in [0, 0.05) is 13.1 Å². The van der Waals surface area contributed by atoms with Gasteiger partial charge in [-0.05, 0) is 30.9 Å². The lowest BCUT2D eigenvalue weighted by Crippen LogP contribution is -2.34. The molecule has 1 aromatic carbocycles. The number of para-hydroxylation sites is 1. The zero-order valence-electron chi connectivity index (χ0n) is 12.9. The molecular formula is C18H24N2O2. The second-order valence-corrected chi connectivity index (χ2v) is 4.98. The van der Waals surface area contributed by atoms with Gasteiger partial charge < -0.3 is 15.3 Å². The van der Waals surface area contributed by atoms with E-state index in [9.17, 15) is 4.79 Å². The van der Waals surface area contributed by atoms with E-state index in [1.165, 1.54) is 0 Å². The number of hydrogen-bond donors (Lipinski definition) is 2. The lowest BCUT2D eigenvalue weighted by molar-refractivity contribution is 0.0698. The summed E-state index contributed by atoms with van der Waals surface area (Å²) in [5, 5.41) is 12.3. The molecule has 1 heterocycles. The Bertz CT molecular complexity index is 532. The molecule has 0 aliphatic carbocycles. The highest BCUT2D eigenvalue weighted by Crippen LogP contribution is 2.23. The van der Waals surface area contributed by atoms with Crippen LogP contribution in [0.3, 0.4) is 0 Å². The average molecular weight is 300 g/mol. The van der Waals surface area contributed by atoms with E-state index in [1.54, 1.807) is 18.2 Å². The zero-order valence-corrected chi connectivity index (χ0v) is 12.9. The first-order valence-electron chi connectivity index (χ1n) is 7.27. The minimum atomic E-state index is -0.939. The second kappa shape index (κ2) is 8.72. The van der Waals surface area contributed by atoms with E-state index in [4.69, 9.17) is 5.11 Å². The van der Waals surface area contributed by atoms with Crippen LogP contribution in [0.4, 0.5) is 5.69 Å². The van der Waals surface area contributed by atoms with Crippen LogP contribution in [0.15, 0.2) is 62.5 Å². The third-order valence-corrected chi connectivity index (χ3v) is 3.69. The molecule has 0 radical (unpaired) electrons. The van der Waals surface area contributed by atoms with Crippen LogP contribution in [0.5, 0.6) is 0 Å². The van der Waals surface area contributed by atoms with Crippen LogP contribution < -0.4 is 5.32 Å². The summed E-state index contributed by atoms with van der Waals surface area (Å²) in [7, 11) is 0. The van der Waals surface area contributed by atoms with E-state index in [1.807, 2.05) is 12.1 Å². The second-order valence-electron chi connectivity index (χ2n) is 4.98. The number of rotatable bonds is 5. The molecule has 2 rings (SSSR count). The Hall–Kier alpha value is -2.49. The molecule has 4 heteroatoms. The van der Waals surface area contributed by atoms with E-state index in [-0.39, 0.29) is 5.56 Å². The normalized spacial score (nSPS) is 14.5. The van der Waals surface area contributed by atoms with Crippen molar-refractivity contribution in [2.75, 3.05) is 18.4 Å². The van der Waals surface area contributed by atoms with Crippen molar-refractivity contribution in [1.29, 1.82) is 0 Å². The van der Waals surface area contributed by atoms with Crippen LogP contribution in [0, 0.1) is 5.92 Å². The molecule has 0 amide bonds. The SMILES string of the molecule is C=C.C=CC1CCN(C(=C)Nc2ccccc2C(=O)O)CC1. The molecule has 1 aliphatic rings. The van der Waals surface area contributed by atoms with Gasteiger partial charge in [-0.15, -0.1) is 19.7 Å². The lowest BCUT2D eigenvalue weighted by Gasteiger charge is -2.34. The van der Waals surface area contributed by atoms with Crippen molar-refractivity contribution in [3.05, 3.63) is 68.0 Å². The largest absolute Gasteiger partial charge is 0.478 e. The van der Waals surface area contributed by atoms with Gasteiger partial charge in [0.25, 0.3) is 0 Å². The fourth-order valence-corrected chi connectivity index (χ4v) is 2.42. The molecule has 1 saturated heterocycles. The van der Waals surface area contributed by atoms with Crippen molar-refractivity contribution in [3.8, 4) is 0 Å². The number of nitrogens with one attached hydrogen (secondary N) is 1. The highest BCUT2D eigenvalue weighted by molar-refractivity contribution is 5.94. The van der Waals surface area contributed by atoms with Gasteiger partial charge in [0.2, 0.25) is 0 Å². The Morgan fingerprint density at radius 3 is 2.41 bits per heavy atom. The minimum absolute atomic E-state index is 0.259. The Morgan fingerprint density at radius 1 is 1.27 bits per heavy atom. The first-order chi connectivity index (χ1) is 10.6. The molecule has 0 unspecified atom stereocenters. The van der Waals surface area contributed by atoms with Crippen molar-refractivity contribution in [2.24, 2.45) is 5.92 Å². The summed E-state index contributed by atoms with van der Waals surface area (Å²) in [5.41, 5.74) is 0.838. The summed E-state index contributed by atoms with van der Waals surface area (Å²) < 4.78 is 0. The monoisotopic (exact) mass is 300 g/mol. The Labute approximate surface area is 132 Å². The molecule has 1 aromatic rings. The number of benzene rings is 1. The van der Waals surface area contributed by atoms with Crippen LogP contribution in [-0.4, -0.2) is 29.1 Å². The standard InChI is InChI=1S/C16H20N2O2.C2H4/c1-3-13-8-10-18(11-9-13)12(2)17-15-7-5-4-6-14(15)16(19)20;1-2/h3-7,13,17H,1-2,8-11H2,(H,19,20);1-2H2. The van der Waals surface area contributed by atoms with E-state index in [0.29, 0.717) is 11.6 Å². The number of allylic oxidation sites excluding steroid dienone is 1. The van der Waals surface area contributed by atoms with Gasteiger partial charge in [0.1, 0.15) is 0 Å². The van der Waals surface area contributed by atoms with Gasteiger partial charge in [-0.1, -0.05) is 24.8 Å². The van der Waals surface area contributed by atoms with Crippen LogP contribution in [0.2, 0.25) is 0 Å². The molecule has 22 heavy (non-hydrogen) atoms. The maximum absolute atomic E-state index is 11.2. The molecule has 0 spiro atoms. The number of hydrogen-bond acceptors (Lipinski definition) is 3. The van der Waals surface area contributed by atoms with Gasteiger partial charge in [-0.2, -0.15) is 0 Å². The molecule has 2 N–H and O–H groups in total. The summed E-state index contributed by atoms with van der Waals surface area (Å²) in [6.45, 7) is 15.7. The predicted octanol–water partition coefficient (Wildman–Crippen LogP) is 3.97. The van der Waals surface area contributed by atoms with Gasteiger partial charge in [0.15, 0.2) is 0 Å². The topological polar surface area (TPSA) is 52.6 Å². The van der Waals surface area contributed by atoms with E-state index in [0.717, 1.165) is 31.8 Å². The van der Waals surface area contributed by atoms with Gasteiger partial charge in [-0.25, -0.2) is 4.79 Å². The molecule has 0 bridgehead atoms. The molecule has 0 atom stereocenters. The van der Waals surface area contributed by atoms with E-state index in [2.05, 4.69) is 36.5 Å². The third kappa shape index (κ3) is 4.52. The van der Waals surface area contributed by atoms with Crippen molar-refractivity contribution in [2.45, 2.75) is 12.8 Å². The zero-order chi connectivity index (χ0) is 16.5. The van der Waals surface area contributed by atoms with Crippen molar-refractivity contribution in [1.82, 2.24) is 4.90 Å². The molecule has 0 saturated carbocycles. The van der Waals surface area contributed by atoms with E-state index >= 15 is 0 Å². The smallest absolute Gasteiger partial charge is 0.337 e. The van der Waals surface area contributed by atoms with Crippen molar-refractivity contribution >= 4 is 11.7 Å². The fourth-order valence-electron chi connectivity index (χ4n) is 2.42. The predicted molar refractivity (Wildman–Crippen MR) is 91.9 cm³/mol. The molecule has 1 aliphatic heterocycles. The summed E-state index contributed by atoms with van der Waals surface area (Å²) in [6.07, 6.45) is 4.13. The first kappa shape index (κ1) is 17.6. The summed E-state index contributed by atoms with van der Waals surface area (Å²) >= 11 is 0. The molecule has 1 fully saturated rings. The van der Waals surface area contributed by atoms with E-state index < -0.39 is 5.97 Å². The number of carboxylic acids is 1. The van der Waals surface area contributed by atoms with Gasteiger partial charge in [-0.3, -0.25) is 0 Å². The Kier molecular flexibility index (Phi) is 6.96. The number of likely N-dealkylation sites (tertiary alicyclic amines) is 1. The molecule has 4 nitrogen and oxygen atoms in total. The molecular weight excluding hydrogens is 276 g/mol. The van der Waals surface area contributed by atoms with Crippen molar-refractivity contribution in [3.63, 3.8) is 0 Å². The van der Waals surface area contributed by atoms with Crippen LogP contribution in [0.25, 0.3) is 0 Å². The van der Waals surface area contributed by atoms with Crippen LogP contribution in [0.1, 0.15) is 23.2 Å². The highest BCUT2D eigenvalue weighted by atomic mass is 16.4. The maximum Gasteiger partial charge on any atom is 0.337 e. The number of nitrogens with zero attached hydrogens (tertiary/aromatic N) is 1. The molecule has 118 valence electrons. The van der Waals surface area contributed by atoms with Crippen LogP contribution >= 0.6 is 0 Å². The fraction of sp³-hybridized carbons (Fsp3) is 0.278. The maximum atomic E-state index is 11.2. The summed E-state index contributed by atoms with van der Waals surface area (Å²) in [5.74, 6) is 0.387. The number of carbonyl (C=O) groups is 1. The first-order valence-corrected chi connectivity index (χ1v) is 7.27. The quantitative estimate of drug-likeness (QED) is 0.808. The van der Waals surface area contributed by atoms with Gasteiger partial charge in [0.05, 0.1) is 17.1 Å². The Morgan fingerprint density at radius 2 is 1.86 bits per heavy atom. The van der Waals surface area contributed by atoms with Gasteiger partial charge >= 0.3 is 5.97 Å². The van der Waals surface area contributed by atoms with Crippen molar-refractivity contribution < 1.29 is 9.90 Å². The minimum Gasteiger partial charge on any atom is -0.478 e. The average Bonchev–Trinajstić information content (AvgIpc) is 2.57. The summed E-state index contributed by atoms with van der Waals surface area (Å²) in [4.78, 5) is 13.3. The lowest BCUT2D eigenvalue weighted by atomic mass is 9.97. The molecule has 0 aromatic heterocycles. The third-order valence-electron chi connectivity index (χ3n) is 3.69. The Balaban J connectivity index is 0.00000116. The summed E-state index contributed by atoms with van der Waals surface area (Å²) in [6, 6.07) is 6.87. The van der Waals surface area contributed by atoms with Crippen LogP contribution in [-0.2, 0) is 0 Å². The number of carboxylic acid groups (broad SMARTS) is 1. The highest BCUT2D eigenvalue weighted by Gasteiger charge is 2.18. The number of anilines is 1. The number of aromatic carboxylic acids is 1. The number of piperidine rings is 1.